The molecule has 1 atom stereocenters. The topological polar surface area (TPSA) is 66.5 Å². The molecule has 0 bridgehead atoms. The zero-order valence-corrected chi connectivity index (χ0v) is 8.58. The van der Waals surface area contributed by atoms with Crippen molar-refractivity contribution < 1.29 is 0 Å². The van der Waals surface area contributed by atoms with Crippen molar-refractivity contribution in [2.45, 2.75) is 19.5 Å². The first kappa shape index (κ1) is 9.29. The summed E-state index contributed by atoms with van der Waals surface area (Å²) in [6, 6.07) is 0.242. The Bertz CT molecular complexity index is 355. The first-order chi connectivity index (χ1) is 6.86. The number of thiazole rings is 1. The van der Waals surface area contributed by atoms with Gasteiger partial charge in [0.25, 0.3) is 0 Å². The van der Waals surface area contributed by atoms with Gasteiger partial charge in [0, 0.05) is 11.4 Å². The van der Waals surface area contributed by atoms with Crippen molar-refractivity contribution in [3.63, 3.8) is 0 Å². The lowest BCUT2D eigenvalue weighted by Gasteiger charge is -2.09. The molecule has 14 heavy (non-hydrogen) atoms. The molecule has 0 aliphatic rings. The molecule has 0 amide bonds. The monoisotopic (exact) mass is 209 g/mol. The minimum absolute atomic E-state index is 0.242. The number of rotatable bonds is 4. The van der Waals surface area contributed by atoms with Gasteiger partial charge in [0.05, 0.1) is 17.7 Å². The molecular formula is C8H11N5S. The number of hydrogen-bond donors (Lipinski definition) is 2. The van der Waals surface area contributed by atoms with Crippen molar-refractivity contribution in [1.82, 2.24) is 25.5 Å². The Labute approximate surface area is 85.6 Å². The Morgan fingerprint density at radius 2 is 2.50 bits per heavy atom. The van der Waals surface area contributed by atoms with Gasteiger partial charge in [-0.3, -0.25) is 5.10 Å². The predicted octanol–water partition coefficient (Wildman–Crippen LogP) is 1.11. The average Bonchev–Trinajstić information content (AvgIpc) is 2.87. The molecule has 0 aliphatic carbocycles. The second kappa shape index (κ2) is 4.30. The molecule has 5 nitrogen and oxygen atoms in total. The number of aromatic amines is 1. The van der Waals surface area contributed by atoms with Crippen LogP contribution in [-0.4, -0.2) is 20.2 Å². The maximum absolute atomic E-state index is 4.23. The molecule has 2 heterocycles. The molecule has 0 fully saturated rings. The molecule has 2 rings (SSSR count). The number of H-pyrrole nitrogens is 1. The third kappa shape index (κ3) is 2.15. The van der Waals surface area contributed by atoms with Crippen LogP contribution in [0, 0.1) is 0 Å². The molecular weight excluding hydrogens is 198 g/mol. The van der Waals surface area contributed by atoms with E-state index in [1.807, 2.05) is 10.9 Å². The van der Waals surface area contributed by atoms with Crippen LogP contribution in [0.3, 0.4) is 0 Å². The maximum atomic E-state index is 4.23. The molecule has 74 valence electrons. The Morgan fingerprint density at radius 3 is 3.14 bits per heavy atom. The van der Waals surface area contributed by atoms with Crippen LogP contribution in [0.4, 0.5) is 0 Å². The average molecular weight is 209 g/mol. The van der Waals surface area contributed by atoms with Gasteiger partial charge in [0.2, 0.25) is 0 Å². The number of nitrogens with zero attached hydrogens (tertiary/aromatic N) is 3. The lowest BCUT2D eigenvalue weighted by Crippen LogP contribution is -2.19. The van der Waals surface area contributed by atoms with E-state index in [4.69, 9.17) is 0 Å². The summed E-state index contributed by atoms with van der Waals surface area (Å²) in [7, 11) is 0. The van der Waals surface area contributed by atoms with Gasteiger partial charge in [-0.2, -0.15) is 5.10 Å². The van der Waals surface area contributed by atoms with Crippen LogP contribution in [-0.2, 0) is 6.54 Å². The van der Waals surface area contributed by atoms with Crippen LogP contribution in [0.1, 0.15) is 24.5 Å². The van der Waals surface area contributed by atoms with Gasteiger partial charge in [-0.05, 0) is 6.92 Å². The highest BCUT2D eigenvalue weighted by Crippen LogP contribution is 2.11. The first-order valence-electron chi connectivity index (χ1n) is 4.32. The quantitative estimate of drug-likeness (QED) is 0.791. The second-order valence-electron chi connectivity index (χ2n) is 2.95. The summed E-state index contributed by atoms with van der Waals surface area (Å²) in [4.78, 5) is 8.25. The highest BCUT2D eigenvalue weighted by atomic mass is 32.1. The SMILES string of the molecule is CC(NCc1ncn[nH]1)c1cscn1. The minimum Gasteiger partial charge on any atom is -0.302 e. The van der Waals surface area contributed by atoms with E-state index in [9.17, 15) is 0 Å². The largest absolute Gasteiger partial charge is 0.302 e. The molecule has 6 heteroatoms. The standard InChI is InChI=1S/C8H11N5S/c1-6(7-3-14-5-11-7)9-2-8-10-4-12-13-8/h3-6,9H,2H2,1H3,(H,10,12,13). The van der Waals surface area contributed by atoms with Crippen LogP contribution in [0.25, 0.3) is 0 Å². The molecule has 0 aromatic carbocycles. The summed E-state index contributed by atoms with van der Waals surface area (Å²) in [6.07, 6.45) is 1.50. The van der Waals surface area contributed by atoms with Crippen molar-refractivity contribution in [1.29, 1.82) is 0 Å². The van der Waals surface area contributed by atoms with E-state index in [2.05, 4.69) is 32.4 Å². The van der Waals surface area contributed by atoms with Crippen LogP contribution in [0.2, 0.25) is 0 Å². The molecule has 2 aromatic heterocycles. The van der Waals surface area contributed by atoms with E-state index < -0.39 is 0 Å². The number of aromatic nitrogens is 4. The van der Waals surface area contributed by atoms with Gasteiger partial charge in [0.1, 0.15) is 12.2 Å². The summed E-state index contributed by atoms with van der Waals surface area (Å²) in [5, 5.41) is 11.9. The molecule has 0 radical (unpaired) electrons. The molecule has 2 N–H and O–H groups in total. The highest BCUT2D eigenvalue weighted by Gasteiger charge is 2.06. The van der Waals surface area contributed by atoms with Crippen molar-refractivity contribution in [2.75, 3.05) is 0 Å². The summed E-state index contributed by atoms with van der Waals surface area (Å²) < 4.78 is 0. The predicted molar refractivity (Wildman–Crippen MR) is 53.8 cm³/mol. The van der Waals surface area contributed by atoms with Crippen LogP contribution >= 0.6 is 11.3 Å². The lowest BCUT2D eigenvalue weighted by atomic mass is 10.2. The van der Waals surface area contributed by atoms with Gasteiger partial charge in [0.15, 0.2) is 0 Å². The fraction of sp³-hybridized carbons (Fsp3) is 0.375. The third-order valence-electron chi connectivity index (χ3n) is 1.94. The molecule has 0 aliphatic heterocycles. The van der Waals surface area contributed by atoms with Gasteiger partial charge >= 0.3 is 0 Å². The summed E-state index contributed by atoms with van der Waals surface area (Å²) >= 11 is 1.60. The van der Waals surface area contributed by atoms with Crippen molar-refractivity contribution in [2.24, 2.45) is 0 Å². The molecule has 0 saturated heterocycles. The van der Waals surface area contributed by atoms with E-state index in [0.29, 0.717) is 6.54 Å². The highest BCUT2D eigenvalue weighted by molar-refractivity contribution is 7.07. The zero-order chi connectivity index (χ0) is 9.80. The van der Waals surface area contributed by atoms with Crippen molar-refractivity contribution >= 4 is 11.3 Å². The fourth-order valence-electron chi connectivity index (χ4n) is 1.11. The number of hydrogen-bond acceptors (Lipinski definition) is 5. The van der Waals surface area contributed by atoms with Crippen LogP contribution in [0.15, 0.2) is 17.2 Å². The maximum Gasteiger partial charge on any atom is 0.138 e. The van der Waals surface area contributed by atoms with Gasteiger partial charge in [-0.1, -0.05) is 0 Å². The Balaban J connectivity index is 1.87. The van der Waals surface area contributed by atoms with Crippen molar-refractivity contribution in [3.05, 3.63) is 28.7 Å². The fourth-order valence-corrected chi connectivity index (χ4v) is 1.75. The second-order valence-corrected chi connectivity index (χ2v) is 3.67. The number of nitrogens with one attached hydrogen (secondary N) is 2. The third-order valence-corrected chi connectivity index (χ3v) is 2.54. The van der Waals surface area contributed by atoms with Crippen molar-refractivity contribution in [3.8, 4) is 0 Å². The minimum atomic E-state index is 0.242. The van der Waals surface area contributed by atoms with E-state index in [0.717, 1.165) is 11.5 Å². The molecule has 1 unspecified atom stereocenters. The zero-order valence-electron chi connectivity index (χ0n) is 7.77. The van der Waals surface area contributed by atoms with Crippen LogP contribution < -0.4 is 5.32 Å². The van der Waals surface area contributed by atoms with Gasteiger partial charge in [-0.15, -0.1) is 11.3 Å². The summed E-state index contributed by atoms with van der Waals surface area (Å²) in [5.41, 5.74) is 2.90. The lowest BCUT2D eigenvalue weighted by molar-refractivity contribution is 0.551. The van der Waals surface area contributed by atoms with E-state index in [1.54, 1.807) is 11.3 Å². The Kier molecular flexibility index (Phi) is 2.85. The van der Waals surface area contributed by atoms with Gasteiger partial charge < -0.3 is 5.32 Å². The summed E-state index contributed by atoms with van der Waals surface area (Å²) in [6.45, 7) is 2.75. The van der Waals surface area contributed by atoms with Gasteiger partial charge in [-0.25, -0.2) is 9.97 Å². The molecule has 0 saturated carbocycles. The Hall–Kier alpha value is -1.27. The normalized spacial score (nSPS) is 12.9. The van der Waals surface area contributed by atoms with E-state index in [-0.39, 0.29) is 6.04 Å². The van der Waals surface area contributed by atoms with E-state index in [1.165, 1.54) is 6.33 Å². The summed E-state index contributed by atoms with van der Waals surface area (Å²) in [5.74, 6) is 0.840. The molecule has 0 spiro atoms. The molecule has 2 aromatic rings. The van der Waals surface area contributed by atoms with Crippen LogP contribution in [0.5, 0.6) is 0 Å². The first-order valence-corrected chi connectivity index (χ1v) is 5.26. The Morgan fingerprint density at radius 1 is 1.57 bits per heavy atom. The smallest absolute Gasteiger partial charge is 0.138 e. The van der Waals surface area contributed by atoms with E-state index >= 15 is 0 Å².